The van der Waals surface area contributed by atoms with Gasteiger partial charge in [0.2, 0.25) is 11.8 Å². The lowest BCUT2D eigenvalue weighted by atomic mass is 9.92. The third-order valence-corrected chi connectivity index (χ3v) is 5.93. The summed E-state index contributed by atoms with van der Waals surface area (Å²) in [5, 5.41) is 8.51. The van der Waals surface area contributed by atoms with Crippen LogP contribution in [0.2, 0.25) is 10.0 Å². The van der Waals surface area contributed by atoms with Gasteiger partial charge in [-0.1, -0.05) is 84.5 Å². The lowest BCUT2D eigenvalue weighted by Crippen LogP contribution is -2.44. The Kier molecular flexibility index (Phi) is 9.00. The quantitative estimate of drug-likeness (QED) is 0.426. The molecule has 33 heavy (non-hydrogen) atoms. The topological polar surface area (TPSA) is 67.2 Å². The van der Waals surface area contributed by atoms with E-state index in [-0.39, 0.29) is 23.8 Å². The molecule has 1 heterocycles. The number of nitrogens with one attached hydrogen (secondary N) is 1. The summed E-state index contributed by atoms with van der Waals surface area (Å²) in [6.07, 6.45) is 2.91. The molecule has 1 N–H and O–H groups in total. The molecule has 182 valence electrons. The normalized spacial score (nSPS) is 12.0. The van der Waals surface area contributed by atoms with Crippen molar-refractivity contribution < 1.29 is 9.59 Å². The number of carbonyl (C=O) groups excluding carboxylic acids is 2. The van der Waals surface area contributed by atoms with Crippen LogP contribution in [0.15, 0.2) is 24.3 Å². The molecule has 1 aromatic carbocycles. The minimum absolute atomic E-state index is 0.0166. The van der Waals surface area contributed by atoms with E-state index in [9.17, 15) is 9.59 Å². The molecule has 0 saturated heterocycles. The zero-order valence-corrected chi connectivity index (χ0v) is 22.3. The van der Waals surface area contributed by atoms with Crippen LogP contribution in [0.1, 0.15) is 73.4 Å². The van der Waals surface area contributed by atoms with Gasteiger partial charge in [0, 0.05) is 23.4 Å². The number of carbonyl (C=O) groups is 2. The van der Waals surface area contributed by atoms with Crippen molar-refractivity contribution in [3.63, 3.8) is 0 Å². The Bertz CT molecular complexity index is 987. The van der Waals surface area contributed by atoms with E-state index < -0.39 is 5.41 Å². The summed E-state index contributed by atoms with van der Waals surface area (Å²) in [6, 6.07) is 7.05. The van der Waals surface area contributed by atoms with Crippen LogP contribution < -0.4 is 5.32 Å². The van der Waals surface area contributed by atoms with Crippen molar-refractivity contribution >= 4 is 40.8 Å². The molecule has 0 aliphatic carbocycles. The number of unbranched alkanes of at least 4 members (excludes halogenated alkanes) is 2. The van der Waals surface area contributed by atoms with Crippen molar-refractivity contribution in [3.8, 4) is 5.69 Å². The second-order valence-corrected chi connectivity index (χ2v) is 11.2. The molecule has 0 aliphatic rings. The predicted octanol–water partition coefficient (Wildman–Crippen LogP) is 6.48. The number of benzene rings is 1. The Labute approximate surface area is 207 Å². The standard InChI is InChI=1S/C25H36Cl2N4O2/c1-8-9-10-13-30(23(33)25(5,6)7)16-22(32)28-21-15-20(24(2,3)4)29-31(21)17-11-12-18(26)19(27)14-17/h11-12,14-15H,8-10,13,16H2,1-7H3,(H,28,32). The first-order valence-electron chi connectivity index (χ1n) is 11.4. The zero-order valence-electron chi connectivity index (χ0n) is 20.8. The maximum atomic E-state index is 13.1. The Morgan fingerprint density at radius 1 is 1.03 bits per heavy atom. The van der Waals surface area contributed by atoms with E-state index in [2.05, 4.69) is 33.0 Å². The van der Waals surface area contributed by atoms with E-state index in [1.165, 1.54) is 0 Å². The molecule has 2 amide bonds. The Morgan fingerprint density at radius 3 is 2.24 bits per heavy atom. The molecule has 0 spiro atoms. The van der Waals surface area contributed by atoms with Crippen molar-refractivity contribution in [2.24, 2.45) is 5.41 Å². The number of amides is 2. The van der Waals surface area contributed by atoms with Gasteiger partial charge in [-0.25, -0.2) is 4.68 Å². The van der Waals surface area contributed by atoms with Gasteiger partial charge < -0.3 is 10.2 Å². The summed E-state index contributed by atoms with van der Waals surface area (Å²) in [6.45, 7) is 14.4. The van der Waals surface area contributed by atoms with Crippen LogP contribution in [0.5, 0.6) is 0 Å². The van der Waals surface area contributed by atoms with Crippen LogP contribution in [-0.4, -0.2) is 39.6 Å². The number of halogens is 2. The largest absolute Gasteiger partial charge is 0.333 e. The molecule has 0 saturated carbocycles. The van der Waals surface area contributed by atoms with Gasteiger partial charge in [-0.15, -0.1) is 0 Å². The highest BCUT2D eigenvalue weighted by atomic mass is 35.5. The molecule has 1 aromatic heterocycles. The molecule has 0 radical (unpaired) electrons. The molecule has 8 heteroatoms. The smallest absolute Gasteiger partial charge is 0.245 e. The van der Waals surface area contributed by atoms with Crippen molar-refractivity contribution in [3.05, 3.63) is 40.0 Å². The third kappa shape index (κ3) is 7.47. The molecule has 2 aromatic rings. The molecule has 0 aliphatic heterocycles. The van der Waals surface area contributed by atoms with Gasteiger partial charge in [-0.2, -0.15) is 5.10 Å². The first-order valence-corrected chi connectivity index (χ1v) is 12.1. The fourth-order valence-electron chi connectivity index (χ4n) is 3.29. The number of hydrogen-bond acceptors (Lipinski definition) is 3. The van der Waals surface area contributed by atoms with Gasteiger partial charge in [0.1, 0.15) is 5.82 Å². The number of hydrogen-bond donors (Lipinski definition) is 1. The minimum Gasteiger partial charge on any atom is -0.333 e. The average Bonchev–Trinajstić information content (AvgIpc) is 3.12. The number of nitrogens with zero attached hydrogens (tertiary/aromatic N) is 3. The predicted molar refractivity (Wildman–Crippen MR) is 136 cm³/mol. The lowest BCUT2D eigenvalue weighted by molar-refractivity contribution is -0.141. The third-order valence-electron chi connectivity index (χ3n) is 5.19. The molecule has 0 atom stereocenters. The number of anilines is 1. The number of rotatable bonds is 8. The van der Waals surface area contributed by atoms with Crippen molar-refractivity contribution in [1.29, 1.82) is 0 Å². The summed E-state index contributed by atoms with van der Waals surface area (Å²) < 4.78 is 1.65. The highest BCUT2D eigenvalue weighted by molar-refractivity contribution is 6.42. The molecule has 0 unspecified atom stereocenters. The molecule has 6 nitrogen and oxygen atoms in total. The van der Waals surface area contributed by atoms with Gasteiger partial charge in [-0.05, 0) is 24.6 Å². The Morgan fingerprint density at radius 2 is 1.70 bits per heavy atom. The summed E-state index contributed by atoms with van der Waals surface area (Å²) in [4.78, 5) is 27.6. The second-order valence-electron chi connectivity index (χ2n) is 10.4. The number of aromatic nitrogens is 2. The van der Waals surface area contributed by atoms with Crippen molar-refractivity contribution in [2.75, 3.05) is 18.4 Å². The van der Waals surface area contributed by atoms with Crippen LogP contribution in [0.4, 0.5) is 5.82 Å². The molecular weight excluding hydrogens is 459 g/mol. The Balaban J connectivity index is 2.33. The highest BCUT2D eigenvalue weighted by Gasteiger charge is 2.29. The first-order chi connectivity index (χ1) is 15.2. The van der Waals surface area contributed by atoms with Crippen LogP contribution in [0.25, 0.3) is 5.69 Å². The maximum Gasteiger partial charge on any atom is 0.245 e. The van der Waals surface area contributed by atoms with Gasteiger partial charge in [0.15, 0.2) is 0 Å². The molecule has 2 rings (SSSR count). The van der Waals surface area contributed by atoms with Crippen LogP contribution in [0.3, 0.4) is 0 Å². The first kappa shape index (κ1) is 27.2. The highest BCUT2D eigenvalue weighted by Crippen LogP contribution is 2.29. The van der Waals surface area contributed by atoms with Crippen molar-refractivity contribution in [1.82, 2.24) is 14.7 Å². The van der Waals surface area contributed by atoms with Gasteiger partial charge in [0.25, 0.3) is 0 Å². The van der Waals surface area contributed by atoms with E-state index in [0.29, 0.717) is 28.1 Å². The summed E-state index contributed by atoms with van der Waals surface area (Å²) >= 11 is 12.3. The average molecular weight is 495 g/mol. The van der Waals surface area contributed by atoms with E-state index in [1.54, 1.807) is 27.8 Å². The summed E-state index contributed by atoms with van der Waals surface area (Å²) in [7, 11) is 0. The van der Waals surface area contributed by atoms with E-state index in [4.69, 9.17) is 28.3 Å². The van der Waals surface area contributed by atoms with Crippen LogP contribution in [-0.2, 0) is 15.0 Å². The monoisotopic (exact) mass is 494 g/mol. The van der Waals surface area contributed by atoms with Crippen LogP contribution in [0, 0.1) is 5.41 Å². The molecule has 0 fully saturated rings. The maximum absolute atomic E-state index is 13.1. The summed E-state index contributed by atoms with van der Waals surface area (Å²) in [5.74, 6) is 0.202. The molecular formula is C25H36Cl2N4O2. The lowest BCUT2D eigenvalue weighted by Gasteiger charge is -2.29. The SMILES string of the molecule is CCCCCN(CC(=O)Nc1cc(C(C)(C)C)nn1-c1ccc(Cl)c(Cl)c1)C(=O)C(C)(C)C. The summed E-state index contributed by atoms with van der Waals surface area (Å²) in [5.41, 5.74) is 0.707. The van der Waals surface area contributed by atoms with Crippen molar-refractivity contribution in [2.45, 2.75) is 73.1 Å². The van der Waals surface area contributed by atoms with E-state index >= 15 is 0 Å². The second kappa shape index (κ2) is 10.9. The fourth-order valence-corrected chi connectivity index (χ4v) is 3.58. The van der Waals surface area contributed by atoms with Gasteiger partial charge >= 0.3 is 0 Å². The van der Waals surface area contributed by atoms with Gasteiger partial charge in [-0.3, -0.25) is 9.59 Å². The zero-order chi connectivity index (χ0) is 25.0. The van der Waals surface area contributed by atoms with Gasteiger partial charge in [0.05, 0.1) is 28.0 Å². The minimum atomic E-state index is -0.562. The fraction of sp³-hybridized carbons (Fsp3) is 0.560. The van der Waals surface area contributed by atoms with E-state index in [0.717, 1.165) is 25.0 Å². The van der Waals surface area contributed by atoms with E-state index in [1.807, 2.05) is 26.8 Å². The van der Waals surface area contributed by atoms with Crippen LogP contribution >= 0.6 is 23.2 Å². The Hall–Kier alpha value is -2.05. The molecule has 0 bridgehead atoms.